The molecule has 0 aliphatic carbocycles. The molecule has 2 aromatic heterocycles. The molecule has 1 aliphatic heterocycles. The van der Waals surface area contributed by atoms with Gasteiger partial charge in [0.1, 0.15) is 9.88 Å². The average molecular weight is 398 g/mol. The van der Waals surface area contributed by atoms with Crippen molar-refractivity contribution in [2.45, 2.75) is 39.5 Å². The highest BCUT2D eigenvalue weighted by Gasteiger charge is 2.28. The zero-order valence-corrected chi connectivity index (χ0v) is 17.5. The van der Waals surface area contributed by atoms with E-state index < -0.39 is 0 Å². The van der Waals surface area contributed by atoms with Crippen LogP contribution in [-0.2, 0) is 0 Å². The number of rotatable bonds is 3. The quantitative estimate of drug-likeness (QED) is 0.609. The first-order valence-electron chi connectivity index (χ1n) is 9.29. The molecule has 140 valence electrons. The highest BCUT2D eigenvalue weighted by Crippen LogP contribution is 2.34. The van der Waals surface area contributed by atoms with Gasteiger partial charge in [0.05, 0.1) is 16.4 Å². The lowest BCUT2D eigenvalue weighted by molar-refractivity contribution is 0.0717. The van der Waals surface area contributed by atoms with E-state index in [-0.39, 0.29) is 5.91 Å². The fourth-order valence-corrected chi connectivity index (χ4v) is 5.58. The van der Waals surface area contributed by atoms with Crippen molar-refractivity contribution in [1.82, 2.24) is 14.9 Å². The molecule has 0 spiro atoms. The number of carbonyl (C=O) groups excluding carboxylic acids is 1. The number of nitrogens with zero attached hydrogens (tertiary/aromatic N) is 3. The van der Waals surface area contributed by atoms with Crippen LogP contribution in [0.1, 0.15) is 49.7 Å². The van der Waals surface area contributed by atoms with Gasteiger partial charge in [0.15, 0.2) is 0 Å². The third-order valence-electron chi connectivity index (χ3n) is 5.19. The molecule has 0 bridgehead atoms. The fraction of sp³-hybridized carbons (Fsp3) is 0.381. The summed E-state index contributed by atoms with van der Waals surface area (Å²) in [5.41, 5.74) is 3.04. The maximum atomic E-state index is 13.0. The van der Waals surface area contributed by atoms with Crippen LogP contribution in [0.25, 0.3) is 10.6 Å². The maximum absolute atomic E-state index is 13.0. The van der Waals surface area contributed by atoms with Crippen molar-refractivity contribution in [3.8, 4) is 10.6 Å². The number of piperidine rings is 1. The number of carbonyl (C=O) groups is 1. The molecule has 1 amide bonds. The van der Waals surface area contributed by atoms with Gasteiger partial charge in [0, 0.05) is 29.4 Å². The van der Waals surface area contributed by atoms with Crippen LogP contribution in [0, 0.1) is 20.8 Å². The summed E-state index contributed by atoms with van der Waals surface area (Å²) in [6.07, 6.45) is 1.98. The number of aromatic nitrogens is 2. The molecule has 0 radical (unpaired) electrons. The average Bonchev–Trinajstić information content (AvgIpc) is 3.24. The first kappa shape index (κ1) is 18.3. The topological polar surface area (TPSA) is 46.1 Å². The van der Waals surface area contributed by atoms with Crippen LogP contribution >= 0.6 is 22.7 Å². The summed E-state index contributed by atoms with van der Waals surface area (Å²) in [6.45, 7) is 7.72. The standard InChI is InChI=1S/C21H23N3OS2/c1-13-15(3)26-19(22-13)17-9-11-24(12-10-17)21(25)18-14(2)23-20(27-18)16-7-5-4-6-8-16/h4-8,17H,9-12H2,1-3H3. The van der Waals surface area contributed by atoms with Crippen LogP contribution in [0.2, 0.25) is 0 Å². The lowest BCUT2D eigenvalue weighted by atomic mass is 9.97. The second-order valence-electron chi connectivity index (χ2n) is 7.06. The Balaban J connectivity index is 1.46. The van der Waals surface area contributed by atoms with Crippen molar-refractivity contribution in [1.29, 1.82) is 0 Å². The molecular formula is C21H23N3OS2. The van der Waals surface area contributed by atoms with E-state index in [2.05, 4.69) is 18.8 Å². The molecule has 0 unspecified atom stereocenters. The zero-order valence-electron chi connectivity index (χ0n) is 15.9. The minimum atomic E-state index is 0.122. The fourth-order valence-electron chi connectivity index (χ4n) is 3.44. The lowest BCUT2D eigenvalue weighted by Gasteiger charge is -2.30. The van der Waals surface area contributed by atoms with Crippen LogP contribution in [0.4, 0.5) is 0 Å². The molecule has 6 heteroatoms. The second kappa shape index (κ2) is 7.52. The Labute approximate surface area is 167 Å². The van der Waals surface area contributed by atoms with E-state index in [1.54, 1.807) is 0 Å². The number of aryl methyl sites for hydroxylation is 3. The van der Waals surface area contributed by atoms with Gasteiger partial charge in [-0.1, -0.05) is 30.3 Å². The Morgan fingerprint density at radius 3 is 2.33 bits per heavy atom. The van der Waals surface area contributed by atoms with Gasteiger partial charge in [-0.2, -0.15) is 0 Å². The summed E-state index contributed by atoms with van der Waals surface area (Å²) in [5, 5.41) is 2.15. The molecule has 3 heterocycles. The minimum Gasteiger partial charge on any atom is -0.338 e. The Morgan fingerprint density at radius 1 is 1.00 bits per heavy atom. The van der Waals surface area contributed by atoms with Gasteiger partial charge >= 0.3 is 0 Å². The summed E-state index contributed by atoms with van der Waals surface area (Å²) in [5.74, 6) is 0.603. The zero-order chi connectivity index (χ0) is 19.0. The Hall–Kier alpha value is -2.05. The van der Waals surface area contributed by atoms with E-state index in [0.29, 0.717) is 5.92 Å². The number of likely N-dealkylation sites (tertiary alicyclic amines) is 1. The SMILES string of the molecule is Cc1nc(C2CCN(C(=O)c3sc(-c4ccccc4)nc3C)CC2)sc1C. The molecule has 1 aliphatic rings. The van der Waals surface area contributed by atoms with Crippen LogP contribution in [0.5, 0.6) is 0 Å². The summed E-state index contributed by atoms with van der Waals surface area (Å²) >= 11 is 3.31. The molecule has 27 heavy (non-hydrogen) atoms. The predicted molar refractivity (Wildman–Crippen MR) is 112 cm³/mol. The van der Waals surface area contributed by atoms with Crippen molar-refractivity contribution in [3.05, 3.63) is 56.5 Å². The highest BCUT2D eigenvalue weighted by atomic mass is 32.1. The van der Waals surface area contributed by atoms with Crippen LogP contribution in [-0.4, -0.2) is 33.9 Å². The van der Waals surface area contributed by atoms with Crippen LogP contribution in [0.15, 0.2) is 30.3 Å². The molecule has 0 N–H and O–H groups in total. The van der Waals surface area contributed by atoms with Crippen molar-refractivity contribution >= 4 is 28.6 Å². The maximum Gasteiger partial charge on any atom is 0.265 e. The van der Waals surface area contributed by atoms with Gasteiger partial charge in [0.25, 0.3) is 5.91 Å². The van der Waals surface area contributed by atoms with Crippen molar-refractivity contribution in [3.63, 3.8) is 0 Å². The number of hydrogen-bond donors (Lipinski definition) is 0. The van der Waals surface area contributed by atoms with E-state index in [4.69, 9.17) is 4.98 Å². The summed E-state index contributed by atoms with van der Waals surface area (Å²) in [7, 11) is 0. The van der Waals surface area contributed by atoms with E-state index in [0.717, 1.165) is 52.8 Å². The van der Waals surface area contributed by atoms with Crippen LogP contribution < -0.4 is 0 Å². The first-order valence-corrected chi connectivity index (χ1v) is 10.9. The molecule has 1 saturated heterocycles. The number of hydrogen-bond acceptors (Lipinski definition) is 5. The smallest absolute Gasteiger partial charge is 0.265 e. The van der Waals surface area contributed by atoms with E-state index in [1.165, 1.54) is 21.2 Å². The van der Waals surface area contributed by atoms with Gasteiger partial charge in [0.2, 0.25) is 0 Å². The minimum absolute atomic E-state index is 0.122. The summed E-state index contributed by atoms with van der Waals surface area (Å²) in [4.78, 5) is 26.5. The molecule has 4 rings (SSSR count). The number of thiazole rings is 2. The second-order valence-corrected chi connectivity index (χ2v) is 9.29. The molecule has 1 aromatic carbocycles. The van der Waals surface area contributed by atoms with Gasteiger partial charge < -0.3 is 4.90 Å². The summed E-state index contributed by atoms with van der Waals surface area (Å²) < 4.78 is 0. The molecule has 1 fully saturated rings. The predicted octanol–water partition coefficient (Wildman–Crippen LogP) is 5.21. The molecular weight excluding hydrogens is 374 g/mol. The first-order chi connectivity index (χ1) is 13.0. The normalized spacial score (nSPS) is 15.3. The number of benzene rings is 1. The van der Waals surface area contributed by atoms with Gasteiger partial charge in [-0.3, -0.25) is 4.79 Å². The van der Waals surface area contributed by atoms with E-state index in [1.807, 2.05) is 53.5 Å². The van der Waals surface area contributed by atoms with Gasteiger partial charge in [-0.25, -0.2) is 9.97 Å². The van der Waals surface area contributed by atoms with Crippen molar-refractivity contribution in [2.24, 2.45) is 0 Å². The van der Waals surface area contributed by atoms with Crippen LogP contribution in [0.3, 0.4) is 0 Å². The Morgan fingerprint density at radius 2 is 1.70 bits per heavy atom. The lowest BCUT2D eigenvalue weighted by Crippen LogP contribution is -2.37. The largest absolute Gasteiger partial charge is 0.338 e. The van der Waals surface area contributed by atoms with E-state index >= 15 is 0 Å². The molecule has 0 saturated carbocycles. The number of amides is 1. The van der Waals surface area contributed by atoms with Crippen molar-refractivity contribution < 1.29 is 4.79 Å². The third-order valence-corrected chi connectivity index (χ3v) is 7.62. The Bertz CT molecular complexity index is 934. The van der Waals surface area contributed by atoms with Gasteiger partial charge in [-0.05, 0) is 33.6 Å². The highest BCUT2D eigenvalue weighted by molar-refractivity contribution is 7.17. The molecule has 4 nitrogen and oxygen atoms in total. The molecule has 3 aromatic rings. The van der Waals surface area contributed by atoms with E-state index in [9.17, 15) is 4.79 Å². The van der Waals surface area contributed by atoms with Crippen molar-refractivity contribution in [2.75, 3.05) is 13.1 Å². The van der Waals surface area contributed by atoms with Gasteiger partial charge in [-0.15, -0.1) is 22.7 Å². The summed E-state index contributed by atoms with van der Waals surface area (Å²) in [6, 6.07) is 10.1. The molecule has 0 atom stereocenters. The Kier molecular flexibility index (Phi) is 5.10. The monoisotopic (exact) mass is 397 g/mol. The third kappa shape index (κ3) is 3.69.